The highest BCUT2D eigenvalue weighted by atomic mass is 32.2. The van der Waals surface area contributed by atoms with Crippen molar-refractivity contribution in [3.63, 3.8) is 0 Å². The Morgan fingerprint density at radius 3 is 0.857 bits per heavy atom. The lowest BCUT2D eigenvalue weighted by atomic mass is 10.2. The predicted molar refractivity (Wildman–Crippen MR) is 242 cm³/mol. The van der Waals surface area contributed by atoms with Gasteiger partial charge in [-0.25, -0.2) is 0 Å². The smallest absolute Gasteiger partial charge is 0.297 e. The van der Waals surface area contributed by atoms with E-state index in [1.165, 1.54) is 22.5 Å². The largest absolute Gasteiger partial charge is 0.405 e. The van der Waals surface area contributed by atoms with Gasteiger partial charge in [0.05, 0.1) is 163 Å². The van der Waals surface area contributed by atoms with Gasteiger partial charge in [-0.2, -0.15) is 8.42 Å². The second-order valence-corrected chi connectivity index (χ2v) is 20.8. The van der Waals surface area contributed by atoms with E-state index >= 15 is 0 Å². The summed E-state index contributed by atoms with van der Waals surface area (Å²) in [4.78, 5) is 0.118. The molecule has 0 saturated heterocycles. The van der Waals surface area contributed by atoms with Gasteiger partial charge in [-0.3, -0.25) is 4.18 Å². The third-order valence-electron chi connectivity index (χ3n) is 9.18. The lowest BCUT2D eigenvalue weighted by molar-refractivity contribution is -0.0279. The molecule has 0 spiro atoms. The Bertz CT molecular complexity index is 1560. The molecule has 15 nitrogen and oxygen atoms in total. The van der Waals surface area contributed by atoms with Gasteiger partial charge in [0.25, 0.3) is 18.4 Å². The van der Waals surface area contributed by atoms with Gasteiger partial charge in [-0.1, -0.05) is 99.6 Å². The van der Waals surface area contributed by atoms with Crippen molar-refractivity contribution in [3.05, 3.63) is 91.0 Å². The summed E-state index contributed by atoms with van der Waals surface area (Å²) in [5.74, 6) is 0. The van der Waals surface area contributed by atoms with Gasteiger partial charge in [-0.15, -0.1) is 0 Å². The monoisotopic (exact) mass is 924 g/mol. The van der Waals surface area contributed by atoms with Crippen LogP contribution in [0, 0.1) is 0 Å². The third-order valence-corrected chi connectivity index (χ3v) is 15.5. The van der Waals surface area contributed by atoms with Crippen molar-refractivity contribution >= 4 is 28.8 Å². The zero-order valence-corrected chi connectivity index (χ0v) is 39.5. The molecule has 0 heterocycles. The van der Waals surface area contributed by atoms with E-state index in [1.807, 2.05) is 12.1 Å². The Kier molecular flexibility index (Phi) is 30.0. The number of rotatable bonds is 41. The van der Waals surface area contributed by atoms with Crippen LogP contribution in [0.1, 0.15) is 20.8 Å². The van der Waals surface area contributed by atoms with Crippen molar-refractivity contribution in [3.8, 4) is 0 Å². The Labute approximate surface area is 377 Å². The number of hydrogen-bond acceptors (Lipinski definition) is 15. The third kappa shape index (κ3) is 23.9. The Morgan fingerprint density at radius 1 is 0.349 bits per heavy atom. The van der Waals surface area contributed by atoms with Crippen LogP contribution in [0.4, 0.5) is 0 Å². The van der Waals surface area contributed by atoms with Crippen LogP contribution in [0.25, 0.3) is 0 Å². The average Bonchev–Trinajstić information content (AvgIpc) is 3.29. The molecular weight excluding hydrogens is 853 g/mol. The summed E-state index contributed by atoms with van der Waals surface area (Å²) in [5, 5.41) is 2.45. The fraction of sp³-hybridized carbons (Fsp3) is 0.609. The maximum atomic E-state index is 12.0. The second-order valence-electron chi connectivity index (χ2n) is 14.8. The van der Waals surface area contributed by atoms with Crippen LogP contribution in [0.5, 0.6) is 0 Å². The summed E-state index contributed by atoms with van der Waals surface area (Å²) in [6, 6.07) is 29.2. The van der Waals surface area contributed by atoms with Gasteiger partial charge in [0.1, 0.15) is 0 Å². The molecule has 0 atom stereocenters. The van der Waals surface area contributed by atoms with Gasteiger partial charge in [0.15, 0.2) is 0 Å². The lowest BCUT2D eigenvalue weighted by Crippen LogP contribution is -2.66. The van der Waals surface area contributed by atoms with Crippen LogP contribution < -0.4 is 10.4 Å². The van der Waals surface area contributed by atoms with E-state index < -0.39 is 18.4 Å². The molecule has 3 rings (SSSR count). The van der Waals surface area contributed by atoms with E-state index in [1.54, 1.807) is 18.2 Å². The van der Waals surface area contributed by atoms with Gasteiger partial charge in [0, 0.05) is 0 Å². The molecule has 0 aromatic heterocycles. The van der Waals surface area contributed by atoms with E-state index in [-0.39, 0.29) is 23.1 Å². The highest BCUT2D eigenvalue weighted by molar-refractivity contribution is 7.86. The van der Waals surface area contributed by atoms with Crippen LogP contribution in [0.3, 0.4) is 0 Å². The minimum absolute atomic E-state index is 0.0625. The molecule has 0 amide bonds. The summed E-state index contributed by atoms with van der Waals surface area (Å²) < 4.78 is 96.8. The topological polar surface area (TPSA) is 154 Å². The van der Waals surface area contributed by atoms with Gasteiger partial charge < -0.3 is 56.5 Å². The Balaban J connectivity index is 0.976. The minimum atomic E-state index is -3.77. The number of benzene rings is 3. The molecule has 0 radical (unpaired) electrons. The minimum Gasteiger partial charge on any atom is -0.405 e. The standard InChI is InChI=1S/C46H72O15SSi/c1-46(2,3)63(44-15-9-5-10-16-44,45-17-11-6-12-18-45)61-42-40-59-38-36-57-34-32-55-30-28-53-26-24-51-22-20-49-19-21-50-23-25-52-27-29-54-31-33-56-35-37-58-39-41-60-62(47,48)43-13-7-4-8-14-43/h4-18H,19-42H2,1-3H3. The number of hydrogen-bond donors (Lipinski definition) is 0. The van der Waals surface area contributed by atoms with E-state index in [2.05, 4.69) is 69.3 Å². The Hall–Kier alpha value is -2.69. The molecule has 0 aliphatic heterocycles. The first-order chi connectivity index (χ1) is 30.8. The summed E-state index contributed by atoms with van der Waals surface area (Å²) in [6.07, 6.45) is 0. The molecule has 3 aromatic rings. The average molecular weight is 925 g/mol. The summed E-state index contributed by atoms with van der Waals surface area (Å²) in [6.45, 7) is 17.1. The molecule has 3 aromatic carbocycles. The molecule has 0 bridgehead atoms. The number of ether oxygens (including phenoxy) is 11. The van der Waals surface area contributed by atoms with Gasteiger partial charge >= 0.3 is 0 Å². The maximum absolute atomic E-state index is 12.0. The first-order valence-electron chi connectivity index (χ1n) is 21.8. The quantitative estimate of drug-likeness (QED) is 0.0455. The fourth-order valence-electron chi connectivity index (χ4n) is 6.17. The molecular formula is C46H72O15SSi. The first kappa shape index (κ1) is 54.6. The maximum Gasteiger partial charge on any atom is 0.297 e. The van der Waals surface area contributed by atoms with E-state index in [4.69, 9.17) is 60.7 Å². The summed E-state index contributed by atoms with van der Waals surface area (Å²) >= 11 is 0. The molecule has 0 unspecified atom stereocenters. The van der Waals surface area contributed by atoms with Crippen LogP contribution in [0.15, 0.2) is 95.9 Å². The van der Waals surface area contributed by atoms with Gasteiger partial charge in [-0.05, 0) is 27.5 Å². The molecule has 0 aliphatic carbocycles. The molecule has 0 saturated carbocycles. The van der Waals surface area contributed by atoms with Crippen molar-refractivity contribution in [2.24, 2.45) is 0 Å². The summed E-state index contributed by atoms with van der Waals surface area (Å²) in [7, 11) is -6.32. The summed E-state index contributed by atoms with van der Waals surface area (Å²) in [5.41, 5.74) is 0. The normalized spacial score (nSPS) is 12.3. The molecule has 0 aliphatic rings. The zero-order chi connectivity index (χ0) is 45.0. The van der Waals surface area contributed by atoms with E-state index in [0.29, 0.717) is 145 Å². The molecule has 0 fully saturated rings. The second kappa shape index (κ2) is 34.6. The van der Waals surface area contributed by atoms with Gasteiger partial charge in [0.2, 0.25) is 0 Å². The van der Waals surface area contributed by atoms with E-state index in [0.717, 1.165) is 0 Å². The first-order valence-corrected chi connectivity index (χ1v) is 25.1. The van der Waals surface area contributed by atoms with Crippen molar-refractivity contribution in [2.75, 3.05) is 159 Å². The predicted octanol–water partition coefficient (Wildman–Crippen LogP) is 4.15. The highest BCUT2D eigenvalue weighted by Crippen LogP contribution is 2.36. The van der Waals surface area contributed by atoms with E-state index in [9.17, 15) is 8.42 Å². The molecule has 63 heavy (non-hydrogen) atoms. The molecule has 17 heteroatoms. The SMILES string of the molecule is CC(C)(C)[Si](OCCOCCOCCOCCOCCOCCOCCOCCOCCOCCOCCOCCOS(=O)(=O)c1ccccc1)(c1ccccc1)c1ccccc1. The van der Waals surface area contributed by atoms with Crippen LogP contribution >= 0.6 is 0 Å². The van der Waals surface area contributed by atoms with Crippen LogP contribution in [-0.4, -0.2) is 175 Å². The van der Waals surface area contributed by atoms with Crippen LogP contribution in [0.2, 0.25) is 5.04 Å². The van der Waals surface area contributed by atoms with Crippen molar-refractivity contribution < 1.29 is 69.1 Å². The Morgan fingerprint density at radius 2 is 0.587 bits per heavy atom. The fourth-order valence-corrected chi connectivity index (χ4v) is 11.6. The lowest BCUT2D eigenvalue weighted by Gasteiger charge is -2.43. The van der Waals surface area contributed by atoms with Crippen LogP contribution in [-0.2, 0) is 70.8 Å². The molecule has 356 valence electrons. The zero-order valence-electron chi connectivity index (χ0n) is 37.7. The van der Waals surface area contributed by atoms with Crippen molar-refractivity contribution in [2.45, 2.75) is 30.7 Å². The van der Waals surface area contributed by atoms with Crippen molar-refractivity contribution in [1.29, 1.82) is 0 Å². The van der Waals surface area contributed by atoms with Crippen molar-refractivity contribution in [1.82, 2.24) is 0 Å². The molecule has 0 N–H and O–H groups in total. The highest BCUT2D eigenvalue weighted by Gasteiger charge is 2.50.